The molecule has 0 spiro atoms. The van der Waals surface area contributed by atoms with Gasteiger partial charge in [-0.1, -0.05) is 6.07 Å². The van der Waals surface area contributed by atoms with Crippen LogP contribution in [0.1, 0.15) is 39.8 Å². The summed E-state index contributed by atoms with van der Waals surface area (Å²) in [4.78, 5) is 16.4. The van der Waals surface area contributed by atoms with Gasteiger partial charge in [0.1, 0.15) is 0 Å². The highest BCUT2D eigenvalue weighted by atomic mass is 32.2. The highest BCUT2D eigenvalue weighted by molar-refractivity contribution is 7.91. The average molecular weight is 471 g/mol. The minimum atomic E-state index is -4.50. The normalized spacial score (nSPS) is 21.2. The molecule has 2 aliphatic heterocycles. The lowest BCUT2D eigenvalue weighted by Gasteiger charge is -2.36. The van der Waals surface area contributed by atoms with Crippen LogP contribution in [0, 0.1) is 13.8 Å². The molecule has 7 nitrogen and oxygen atoms in total. The van der Waals surface area contributed by atoms with Crippen molar-refractivity contribution in [1.29, 1.82) is 0 Å². The van der Waals surface area contributed by atoms with Crippen molar-refractivity contribution in [2.24, 2.45) is 0 Å². The van der Waals surface area contributed by atoms with Gasteiger partial charge in [-0.3, -0.25) is 9.48 Å². The first-order valence-corrected chi connectivity index (χ1v) is 12.3. The third kappa shape index (κ3) is 4.35. The smallest absolute Gasteiger partial charge is 0.365 e. The lowest BCUT2D eigenvalue weighted by atomic mass is 10.1. The van der Waals surface area contributed by atoms with E-state index in [0.29, 0.717) is 32.6 Å². The molecular weight excluding hydrogens is 445 g/mol. The van der Waals surface area contributed by atoms with Crippen LogP contribution in [0.25, 0.3) is 0 Å². The number of sulfone groups is 1. The summed E-state index contributed by atoms with van der Waals surface area (Å²) in [5, 5.41) is 4.59. The second-order valence-corrected chi connectivity index (χ2v) is 10.6. The molecule has 0 saturated carbocycles. The fourth-order valence-corrected chi connectivity index (χ4v) is 6.27. The monoisotopic (exact) mass is 470 g/mol. The zero-order valence-electron chi connectivity index (χ0n) is 17.9. The largest absolute Gasteiger partial charge is 0.416 e. The Labute approximate surface area is 184 Å². The van der Waals surface area contributed by atoms with Crippen LogP contribution in [0.5, 0.6) is 0 Å². The Balaban J connectivity index is 1.46. The van der Waals surface area contributed by atoms with Gasteiger partial charge in [-0.05, 0) is 38.5 Å². The Morgan fingerprint density at radius 1 is 1.12 bits per heavy atom. The molecule has 32 heavy (non-hydrogen) atoms. The Hall–Kier alpha value is -2.56. The van der Waals surface area contributed by atoms with Crippen LogP contribution in [0.3, 0.4) is 0 Å². The van der Waals surface area contributed by atoms with E-state index in [2.05, 4.69) is 10.00 Å². The van der Waals surface area contributed by atoms with Gasteiger partial charge in [0.25, 0.3) is 5.91 Å². The van der Waals surface area contributed by atoms with Crippen LogP contribution in [0.15, 0.2) is 24.3 Å². The van der Waals surface area contributed by atoms with Gasteiger partial charge in [-0.25, -0.2) is 8.42 Å². The summed E-state index contributed by atoms with van der Waals surface area (Å²) in [5.74, 6) is -0.161. The summed E-state index contributed by atoms with van der Waals surface area (Å²) in [7, 11) is -3.03. The molecule has 0 radical (unpaired) electrons. The first-order chi connectivity index (χ1) is 15.0. The van der Waals surface area contributed by atoms with Gasteiger partial charge in [-0.15, -0.1) is 0 Å². The number of rotatable bonds is 3. The van der Waals surface area contributed by atoms with Crippen molar-refractivity contribution in [2.75, 3.05) is 42.6 Å². The molecule has 174 valence electrons. The van der Waals surface area contributed by atoms with E-state index < -0.39 is 27.5 Å². The number of carbonyl (C=O) groups excluding carboxylic acids is 1. The summed E-state index contributed by atoms with van der Waals surface area (Å²) in [5.41, 5.74) is 1.80. The number of alkyl halides is 3. The quantitative estimate of drug-likeness (QED) is 0.690. The molecule has 1 aromatic carbocycles. The number of anilines is 1. The number of aryl methyl sites for hydroxylation is 1. The van der Waals surface area contributed by atoms with Gasteiger partial charge in [0, 0.05) is 31.7 Å². The summed E-state index contributed by atoms with van der Waals surface area (Å²) in [6.07, 6.45) is -3.95. The average Bonchev–Trinajstić information content (AvgIpc) is 3.25. The van der Waals surface area contributed by atoms with E-state index in [1.165, 1.54) is 12.1 Å². The van der Waals surface area contributed by atoms with Crippen LogP contribution >= 0.6 is 0 Å². The highest BCUT2D eigenvalue weighted by Crippen LogP contribution is 2.32. The molecule has 0 aliphatic carbocycles. The summed E-state index contributed by atoms with van der Waals surface area (Å²) < 4.78 is 64.4. The molecule has 1 atom stereocenters. The number of hydrogen-bond donors (Lipinski definition) is 0. The fourth-order valence-electron chi connectivity index (χ4n) is 4.58. The molecule has 2 aromatic rings. The van der Waals surface area contributed by atoms with E-state index in [4.69, 9.17) is 0 Å². The number of benzene rings is 1. The molecule has 0 N–H and O–H groups in total. The van der Waals surface area contributed by atoms with Crippen LogP contribution in [0.4, 0.5) is 18.9 Å². The van der Waals surface area contributed by atoms with Crippen LogP contribution in [-0.4, -0.2) is 66.7 Å². The van der Waals surface area contributed by atoms with E-state index in [-0.39, 0.29) is 23.1 Å². The topological polar surface area (TPSA) is 75.5 Å². The minimum absolute atomic E-state index is 0.0240. The zero-order valence-corrected chi connectivity index (χ0v) is 18.7. The second-order valence-electron chi connectivity index (χ2n) is 8.38. The van der Waals surface area contributed by atoms with E-state index in [1.807, 2.05) is 13.8 Å². The molecule has 0 bridgehead atoms. The maximum atomic E-state index is 13.0. The SMILES string of the molecule is Cc1nn(C2CCS(=O)(=O)C2)c(C)c1N1CCN(C(=O)c2cccc(C(F)(F)F)c2)CC1. The number of carbonyl (C=O) groups is 1. The maximum absolute atomic E-state index is 13.0. The number of amides is 1. The first-order valence-electron chi connectivity index (χ1n) is 10.4. The highest BCUT2D eigenvalue weighted by Gasteiger charge is 2.34. The third-order valence-electron chi connectivity index (χ3n) is 6.16. The number of nitrogens with zero attached hydrogens (tertiary/aromatic N) is 4. The predicted molar refractivity (Wildman–Crippen MR) is 114 cm³/mol. The van der Waals surface area contributed by atoms with Crippen molar-refractivity contribution in [3.63, 3.8) is 0 Å². The van der Waals surface area contributed by atoms with Gasteiger partial charge < -0.3 is 9.80 Å². The molecule has 1 amide bonds. The van der Waals surface area contributed by atoms with Crippen LogP contribution < -0.4 is 4.90 Å². The lowest BCUT2D eigenvalue weighted by molar-refractivity contribution is -0.137. The van der Waals surface area contributed by atoms with Gasteiger partial charge in [0.15, 0.2) is 9.84 Å². The molecule has 3 heterocycles. The van der Waals surface area contributed by atoms with Crippen LogP contribution in [0.2, 0.25) is 0 Å². The van der Waals surface area contributed by atoms with Gasteiger partial charge in [-0.2, -0.15) is 18.3 Å². The predicted octanol–water partition coefficient (Wildman–Crippen LogP) is 2.84. The Morgan fingerprint density at radius 3 is 2.41 bits per heavy atom. The Morgan fingerprint density at radius 2 is 1.81 bits per heavy atom. The molecule has 2 aliphatic rings. The van der Waals surface area contributed by atoms with Gasteiger partial charge >= 0.3 is 6.18 Å². The molecule has 1 aromatic heterocycles. The van der Waals surface area contributed by atoms with Crippen molar-refractivity contribution < 1.29 is 26.4 Å². The first kappa shape index (κ1) is 22.6. The van der Waals surface area contributed by atoms with Crippen molar-refractivity contribution in [3.8, 4) is 0 Å². The van der Waals surface area contributed by atoms with Crippen molar-refractivity contribution in [3.05, 3.63) is 46.8 Å². The molecule has 2 fully saturated rings. The van der Waals surface area contributed by atoms with E-state index in [0.717, 1.165) is 29.2 Å². The minimum Gasteiger partial charge on any atom is -0.365 e. The van der Waals surface area contributed by atoms with Crippen molar-refractivity contribution >= 4 is 21.4 Å². The lowest BCUT2D eigenvalue weighted by Crippen LogP contribution is -2.49. The number of aromatic nitrogens is 2. The zero-order chi connectivity index (χ0) is 23.3. The molecule has 11 heteroatoms. The number of piperazine rings is 1. The van der Waals surface area contributed by atoms with E-state index >= 15 is 0 Å². The fraction of sp³-hybridized carbons (Fsp3) is 0.524. The number of hydrogen-bond acceptors (Lipinski definition) is 5. The van der Waals surface area contributed by atoms with E-state index in [1.54, 1.807) is 9.58 Å². The molecule has 1 unspecified atom stereocenters. The van der Waals surface area contributed by atoms with Crippen molar-refractivity contribution in [2.45, 2.75) is 32.5 Å². The second kappa shape index (κ2) is 8.09. The van der Waals surface area contributed by atoms with Crippen molar-refractivity contribution in [1.82, 2.24) is 14.7 Å². The standard InChI is InChI=1S/C21H25F3N4O3S/c1-14-19(15(2)28(25-14)18-6-11-32(30,31)13-18)26-7-9-27(10-8-26)20(29)16-4-3-5-17(12-16)21(22,23)24/h3-5,12,18H,6-11,13H2,1-2H3. The maximum Gasteiger partial charge on any atom is 0.416 e. The summed E-state index contributed by atoms with van der Waals surface area (Å²) in [6, 6.07) is 4.32. The van der Waals surface area contributed by atoms with Gasteiger partial charge in [0.2, 0.25) is 0 Å². The van der Waals surface area contributed by atoms with E-state index in [9.17, 15) is 26.4 Å². The molecular formula is C21H25F3N4O3S. The Bertz CT molecular complexity index is 1140. The third-order valence-corrected chi connectivity index (χ3v) is 7.91. The molecule has 4 rings (SSSR count). The molecule has 2 saturated heterocycles. The van der Waals surface area contributed by atoms with Gasteiger partial charge in [0.05, 0.1) is 40.2 Å². The number of halogens is 3. The van der Waals surface area contributed by atoms with Crippen LogP contribution in [-0.2, 0) is 16.0 Å². The Kier molecular flexibility index (Phi) is 5.72. The summed E-state index contributed by atoms with van der Waals surface area (Å²) >= 11 is 0. The summed E-state index contributed by atoms with van der Waals surface area (Å²) in [6.45, 7) is 5.57.